The van der Waals surface area contributed by atoms with E-state index in [-0.39, 0.29) is 23.5 Å². The van der Waals surface area contributed by atoms with Gasteiger partial charge in [-0.1, -0.05) is 0 Å². The van der Waals surface area contributed by atoms with Crippen LogP contribution in [0.2, 0.25) is 0 Å². The van der Waals surface area contributed by atoms with Crippen LogP contribution in [0.5, 0.6) is 0 Å². The van der Waals surface area contributed by atoms with Gasteiger partial charge in [0.05, 0.1) is 11.1 Å². The van der Waals surface area contributed by atoms with Crippen LogP contribution < -0.4 is 26.8 Å². The molecule has 0 radical (unpaired) electrons. The zero-order chi connectivity index (χ0) is 20.7. The summed E-state index contributed by atoms with van der Waals surface area (Å²) >= 11 is 0. The lowest BCUT2D eigenvalue weighted by atomic mass is 10.1. The Bertz CT molecular complexity index is 906. The van der Waals surface area contributed by atoms with Crippen molar-refractivity contribution in [2.75, 3.05) is 23.7 Å². The summed E-state index contributed by atoms with van der Waals surface area (Å²) in [7, 11) is 0. The highest BCUT2D eigenvalue weighted by atomic mass is 19.4. The first kappa shape index (κ1) is 20.2. The Morgan fingerprint density at radius 1 is 0.929 bits per heavy atom. The summed E-state index contributed by atoms with van der Waals surface area (Å²) in [5, 5.41) is 8.12. The summed E-state index contributed by atoms with van der Waals surface area (Å²) in [6, 6.07) is 0.948. The quantitative estimate of drug-likeness (QED) is 0.525. The van der Waals surface area contributed by atoms with Crippen LogP contribution in [-0.2, 0) is 12.4 Å². The lowest BCUT2D eigenvalue weighted by Gasteiger charge is -2.19. The Labute approximate surface area is 154 Å². The number of alkyl halides is 6. The Kier molecular flexibility index (Phi) is 5.13. The van der Waals surface area contributed by atoms with Crippen LogP contribution in [-0.4, -0.2) is 19.1 Å². The van der Waals surface area contributed by atoms with Crippen molar-refractivity contribution in [2.24, 2.45) is 0 Å². The van der Waals surface area contributed by atoms with Crippen molar-refractivity contribution in [3.8, 4) is 0 Å². The summed E-state index contributed by atoms with van der Waals surface area (Å²) < 4.78 is 77.6. The van der Waals surface area contributed by atoms with Gasteiger partial charge in [-0.15, -0.1) is 0 Å². The SMILES string of the molecule is O=c1c(NC[C@H]2CCCN2)c(Nc2cc(C(F)(F)F)cc(C(F)(F)F)c2)c1=O. The highest BCUT2D eigenvalue weighted by Crippen LogP contribution is 2.38. The molecule has 1 atom stereocenters. The zero-order valence-electron chi connectivity index (χ0n) is 14.2. The summed E-state index contributed by atoms with van der Waals surface area (Å²) in [5.41, 5.74) is -6.01. The molecule has 11 heteroatoms. The number of hydrogen-bond acceptors (Lipinski definition) is 5. The van der Waals surface area contributed by atoms with Crippen molar-refractivity contribution in [2.45, 2.75) is 31.2 Å². The normalized spacial score (nSPS) is 17.9. The number of rotatable bonds is 5. The second-order valence-corrected chi connectivity index (χ2v) is 6.50. The van der Waals surface area contributed by atoms with Gasteiger partial charge >= 0.3 is 12.4 Å². The third-order valence-electron chi connectivity index (χ3n) is 4.45. The Morgan fingerprint density at radius 3 is 2.00 bits per heavy atom. The molecule has 1 saturated heterocycles. The van der Waals surface area contributed by atoms with Gasteiger partial charge in [0, 0.05) is 18.3 Å². The third kappa shape index (κ3) is 4.13. The molecular formula is C17H15F6N3O2. The van der Waals surface area contributed by atoms with Crippen LogP contribution in [0.1, 0.15) is 24.0 Å². The monoisotopic (exact) mass is 407 g/mol. The smallest absolute Gasteiger partial charge is 0.378 e. The van der Waals surface area contributed by atoms with Crippen LogP contribution >= 0.6 is 0 Å². The van der Waals surface area contributed by atoms with Crippen LogP contribution in [0.4, 0.5) is 43.4 Å². The van der Waals surface area contributed by atoms with E-state index in [1.165, 1.54) is 0 Å². The third-order valence-corrected chi connectivity index (χ3v) is 4.45. The van der Waals surface area contributed by atoms with Crippen molar-refractivity contribution in [3.05, 3.63) is 49.8 Å². The molecule has 1 aliphatic rings. The first-order valence-corrected chi connectivity index (χ1v) is 8.34. The molecule has 0 saturated carbocycles. The van der Waals surface area contributed by atoms with Crippen LogP contribution in [0.3, 0.4) is 0 Å². The molecule has 2 aromatic carbocycles. The maximum atomic E-state index is 12.9. The first-order chi connectivity index (χ1) is 13.0. The van der Waals surface area contributed by atoms with E-state index in [0.717, 1.165) is 19.4 Å². The predicted octanol–water partition coefficient (Wildman–Crippen LogP) is 3.23. The number of nitrogens with one attached hydrogen (secondary N) is 3. The van der Waals surface area contributed by atoms with E-state index in [2.05, 4.69) is 16.0 Å². The molecule has 0 bridgehead atoms. The van der Waals surface area contributed by atoms with E-state index in [1.807, 2.05) is 0 Å². The van der Waals surface area contributed by atoms with E-state index < -0.39 is 40.0 Å². The second kappa shape index (κ2) is 7.12. The summed E-state index contributed by atoms with van der Waals surface area (Å²) in [6.07, 6.45) is -8.25. The fraction of sp³-hybridized carbons (Fsp3) is 0.412. The molecule has 0 aliphatic carbocycles. The van der Waals surface area contributed by atoms with Crippen molar-refractivity contribution in [1.29, 1.82) is 0 Å². The Hall–Kier alpha value is -2.56. The number of hydrogen-bond donors (Lipinski definition) is 3. The number of halogens is 6. The van der Waals surface area contributed by atoms with Gasteiger partial charge in [-0.05, 0) is 37.6 Å². The summed E-state index contributed by atoms with van der Waals surface area (Å²) in [6.45, 7) is 1.10. The Balaban J connectivity index is 1.88. The minimum absolute atomic E-state index is 0.0156. The highest BCUT2D eigenvalue weighted by Gasteiger charge is 2.37. The van der Waals surface area contributed by atoms with Gasteiger partial charge in [0.2, 0.25) is 0 Å². The molecule has 152 valence electrons. The largest absolute Gasteiger partial charge is 0.416 e. The summed E-state index contributed by atoms with van der Waals surface area (Å²) in [4.78, 5) is 23.5. The van der Waals surface area contributed by atoms with Gasteiger partial charge < -0.3 is 16.0 Å². The van der Waals surface area contributed by atoms with Gasteiger partial charge in [-0.2, -0.15) is 26.3 Å². The van der Waals surface area contributed by atoms with Crippen LogP contribution in [0.15, 0.2) is 27.8 Å². The predicted molar refractivity (Wildman–Crippen MR) is 90.6 cm³/mol. The van der Waals surface area contributed by atoms with Crippen molar-refractivity contribution in [3.63, 3.8) is 0 Å². The van der Waals surface area contributed by atoms with Gasteiger partial charge in [0.15, 0.2) is 0 Å². The lowest BCUT2D eigenvalue weighted by Crippen LogP contribution is -2.39. The average Bonchev–Trinajstić information content (AvgIpc) is 3.12. The molecule has 1 heterocycles. The molecule has 28 heavy (non-hydrogen) atoms. The summed E-state index contributed by atoms with van der Waals surface area (Å²) in [5.74, 6) is 0. The van der Waals surface area contributed by atoms with Crippen molar-refractivity contribution < 1.29 is 26.3 Å². The minimum atomic E-state index is -5.01. The van der Waals surface area contributed by atoms with Crippen LogP contribution in [0, 0.1) is 0 Å². The number of benzene rings is 1. The lowest BCUT2D eigenvalue weighted by molar-refractivity contribution is -0.143. The maximum absolute atomic E-state index is 12.9. The zero-order valence-corrected chi connectivity index (χ0v) is 14.2. The van der Waals surface area contributed by atoms with Gasteiger partial charge in [-0.25, -0.2) is 0 Å². The fourth-order valence-electron chi connectivity index (χ4n) is 3.01. The molecule has 1 fully saturated rings. The average molecular weight is 407 g/mol. The molecule has 0 spiro atoms. The Morgan fingerprint density at radius 2 is 1.50 bits per heavy atom. The number of anilines is 3. The molecule has 3 N–H and O–H groups in total. The molecule has 1 aliphatic heterocycles. The van der Waals surface area contributed by atoms with E-state index in [0.29, 0.717) is 18.7 Å². The molecule has 0 unspecified atom stereocenters. The molecule has 0 aromatic heterocycles. The van der Waals surface area contributed by atoms with Crippen molar-refractivity contribution >= 4 is 17.1 Å². The molecular weight excluding hydrogens is 392 g/mol. The molecule has 3 rings (SSSR count). The van der Waals surface area contributed by atoms with Crippen LogP contribution in [0.25, 0.3) is 0 Å². The van der Waals surface area contributed by atoms with E-state index in [9.17, 15) is 35.9 Å². The van der Waals surface area contributed by atoms with Gasteiger partial charge in [0.1, 0.15) is 11.4 Å². The standard InChI is InChI=1S/C17H15F6N3O2/c18-16(19,20)8-4-9(17(21,22)23)6-11(5-8)26-13-12(14(27)15(13)28)25-7-10-2-1-3-24-10/h4-6,10,24-26H,1-3,7H2/t10-/m1/s1. The fourth-order valence-corrected chi connectivity index (χ4v) is 3.01. The van der Waals surface area contributed by atoms with Gasteiger partial charge in [0.25, 0.3) is 10.9 Å². The van der Waals surface area contributed by atoms with Crippen molar-refractivity contribution in [1.82, 2.24) is 5.32 Å². The molecule has 5 nitrogen and oxygen atoms in total. The van der Waals surface area contributed by atoms with E-state index >= 15 is 0 Å². The first-order valence-electron chi connectivity index (χ1n) is 8.34. The van der Waals surface area contributed by atoms with E-state index in [4.69, 9.17) is 0 Å². The molecule has 0 amide bonds. The minimum Gasteiger partial charge on any atom is -0.378 e. The highest BCUT2D eigenvalue weighted by molar-refractivity contribution is 5.79. The maximum Gasteiger partial charge on any atom is 0.416 e. The molecule has 2 aromatic rings. The van der Waals surface area contributed by atoms with E-state index in [1.54, 1.807) is 0 Å². The second-order valence-electron chi connectivity index (χ2n) is 6.50. The topological polar surface area (TPSA) is 70.2 Å². The van der Waals surface area contributed by atoms with Gasteiger partial charge in [-0.3, -0.25) is 9.59 Å².